The molecular weight excluding hydrogens is 114 g/mol. The summed E-state index contributed by atoms with van der Waals surface area (Å²) in [6.45, 7) is 1.40. The van der Waals surface area contributed by atoms with Gasteiger partial charge in [-0.2, -0.15) is 0 Å². The first kappa shape index (κ1) is 7.03. The Morgan fingerprint density at radius 2 is 2.00 bits per heavy atom. The molecule has 0 aliphatic heterocycles. The highest BCUT2D eigenvalue weighted by Gasteiger charge is 2.13. The minimum absolute atomic E-state index is 0.536. The van der Waals surface area contributed by atoms with Crippen LogP contribution in [0.5, 0.6) is 0 Å². The van der Waals surface area contributed by atoms with Gasteiger partial charge in [0.1, 0.15) is 0 Å². The summed E-state index contributed by atoms with van der Waals surface area (Å²) in [5.41, 5.74) is 5.28. The van der Waals surface area contributed by atoms with Gasteiger partial charge >= 0.3 is 0 Å². The zero-order valence-electron chi connectivity index (χ0n) is 5.81. The van der Waals surface area contributed by atoms with Gasteiger partial charge in [-0.25, -0.2) is 0 Å². The molecule has 0 atom stereocenters. The topological polar surface area (TPSA) is 35.2 Å². The first-order chi connectivity index (χ1) is 4.43. The second-order valence-electron chi connectivity index (χ2n) is 2.57. The van der Waals surface area contributed by atoms with Crippen LogP contribution in [0.25, 0.3) is 0 Å². The zero-order chi connectivity index (χ0) is 6.53. The Morgan fingerprint density at radius 1 is 1.33 bits per heavy atom. The van der Waals surface area contributed by atoms with Gasteiger partial charge in [-0.1, -0.05) is 12.8 Å². The van der Waals surface area contributed by atoms with Crippen LogP contribution >= 0.6 is 0 Å². The van der Waals surface area contributed by atoms with Crippen molar-refractivity contribution in [3.8, 4) is 0 Å². The summed E-state index contributed by atoms with van der Waals surface area (Å²) in [7, 11) is 0. The predicted octanol–water partition coefficient (Wildman–Crippen LogP) is 0.904. The van der Waals surface area contributed by atoms with Gasteiger partial charge < -0.3 is 10.5 Å². The largest absolute Gasteiger partial charge is 0.377 e. The Labute approximate surface area is 56.4 Å². The van der Waals surface area contributed by atoms with Crippen molar-refractivity contribution in [3.63, 3.8) is 0 Å². The summed E-state index contributed by atoms with van der Waals surface area (Å²) in [6, 6.07) is 0. The fraction of sp³-hybridized carbons (Fsp3) is 1.00. The molecule has 0 radical (unpaired) electrons. The highest BCUT2D eigenvalue weighted by atomic mass is 16.5. The summed E-state index contributed by atoms with van der Waals surface area (Å²) in [5.74, 6) is 0. The van der Waals surface area contributed by atoms with Crippen LogP contribution in [-0.2, 0) is 4.74 Å². The minimum Gasteiger partial charge on any atom is -0.377 e. The van der Waals surface area contributed by atoms with E-state index in [1.54, 1.807) is 0 Å². The Bertz CT molecular complexity index is 69.3. The predicted molar refractivity (Wildman–Crippen MR) is 37.3 cm³/mol. The summed E-state index contributed by atoms with van der Waals surface area (Å²) in [5, 5.41) is 0. The molecule has 1 fully saturated rings. The van der Waals surface area contributed by atoms with Crippen molar-refractivity contribution in [3.05, 3.63) is 0 Å². The molecule has 0 aromatic rings. The third-order valence-electron chi connectivity index (χ3n) is 1.77. The normalized spacial score (nSPS) is 21.0. The highest BCUT2D eigenvalue weighted by Crippen LogP contribution is 2.20. The van der Waals surface area contributed by atoms with Crippen LogP contribution in [0, 0.1) is 0 Å². The first-order valence-corrected chi connectivity index (χ1v) is 3.75. The van der Waals surface area contributed by atoms with Crippen LogP contribution in [0.15, 0.2) is 0 Å². The van der Waals surface area contributed by atoms with E-state index in [-0.39, 0.29) is 0 Å². The molecule has 2 N–H and O–H groups in total. The van der Waals surface area contributed by atoms with Gasteiger partial charge in [0.25, 0.3) is 0 Å². The Morgan fingerprint density at radius 3 is 2.56 bits per heavy atom. The van der Waals surface area contributed by atoms with E-state index in [1.165, 1.54) is 25.7 Å². The molecule has 0 unspecified atom stereocenters. The molecule has 9 heavy (non-hydrogen) atoms. The third-order valence-corrected chi connectivity index (χ3v) is 1.77. The quantitative estimate of drug-likeness (QED) is 0.614. The van der Waals surface area contributed by atoms with Crippen molar-refractivity contribution in [1.29, 1.82) is 0 Å². The molecule has 0 heterocycles. The van der Waals surface area contributed by atoms with Gasteiger partial charge in [-0.05, 0) is 12.8 Å². The van der Waals surface area contributed by atoms with Crippen LogP contribution in [-0.4, -0.2) is 19.3 Å². The number of ether oxygens (including phenoxy) is 1. The molecule has 0 aromatic carbocycles. The lowest BCUT2D eigenvalue weighted by Crippen LogP contribution is -2.14. The van der Waals surface area contributed by atoms with Crippen LogP contribution in [0.4, 0.5) is 0 Å². The maximum atomic E-state index is 5.43. The summed E-state index contributed by atoms with van der Waals surface area (Å²) in [6.07, 6.45) is 5.72. The van der Waals surface area contributed by atoms with Crippen molar-refractivity contribution in [2.75, 3.05) is 13.2 Å². The van der Waals surface area contributed by atoms with Gasteiger partial charge in [0, 0.05) is 6.54 Å². The molecule has 0 aromatic heterocycles. The highest BCUT2D eigenvalue weighted by molar-refractivity contribution is 4.66. The molecule has 1 aliphatic carbocycles. The second-order valence-corrected chi connectivity index (χ2v) is 2.57. The first-order valence-electron chi connectivity index (χ1n) is 3.75. The molecule has 1 aliphatic rings. The fourth-order valence-corrected chi connectivity index (χ4v) is 1.29. The standard InChI is InChI=1S/C7H15NO/c8-5-6-9-7-3-1-2-4-7/h7H,1-6,8H2. The summed E-state index contributed by atoms with van der Waals surface area (Å²) < 4.78 is 5.43. The Balaban J connectivity index is 1.98. The second kappa shape index (κ2) is 3.85. The maximum Gasteiger partial charge on any atom is 0.0592 e. The zero-order valence-corrected chi connectivity index (χ0v) is 5.81. The lowest BCUT2D eigenvalue weighted by Gasteiger charge is -2.08. The van der Waals surface area contributed by atoms with Gasteiger partial charge in [-0.15, -0.1) is 0 Å². The van der Waals surface area contributed by atoms with Crippen molar-refractivity contribution >= 4 is 0 Å². The lowest BCUT2D eigenvalue weighted by molar-refractivity contribution is 0.0641. The average molecular weight is 129 g/mol. The Hall–Kier alpha value is -0.0800. The van der Waals surface area contributed by atoms with E-state index in [0.717, 1.165) is 6.61 Å². The Kier molecular flexibility index (Phi) is 3.01. The maximum absolute atomic E-state index is 5.43. The number of hydrogen-bond acceptors (Lipinski definition) is 2. The molecular formula is C7H15NO. The van der Waals surface area contributed by atoms with Crippen LogP contribution in [0.3, 0.4) is 0 Å². The number of nitrogens with two attached hydrogens (primary N) is 1. The van der Waals surface area contributed by atoms with Crippen molar-refractivity contribution in [2.45, 2.75) is 31.8 Å². The molecule has 0 amide bonds. The molecule has 0 bridgehead atoms. The number of hydrogen-bond donors (Lipinski definition) is 1. The van der Waals surface area contributed by atoms with Gasteiger partial charge in [-0.3, -0.25) is 0 Å². The molecule has 54 valence electrons. The van der Waals surface area contributed by atoms with E-state index in [2.05, 4.69) is 0 Å². The average Bonchev–Trinajstić information content (AvgIpc) is 2.34. The fourth-order valence-electron chi connectivity index (χ4n) is 1.29. The van der Waals surface area contributed by atoms with E-state index >= 15 is 0 Å². The third kappa shape index (κ3) is 2.33. The molecule has 2 nitrogen and oxygen atoms in total. The van der Waals surface area contributed by atoms with Crippen molar-refractivity contribution in [1.82, 2.24) is 0 Å². The van der Waals surface area contributed by atoms with E-state index in [4.69, 9.17) is 10.5 Å². The van der Waals surface area contributed by atoms with Gasteiger partial charge in [0.15, 0.2) is 0 Å². The van der Waals surface area contributed by atoms with Crippen LogP contribution < -0.4 is 5.73 Å². The molecule has 0 spiro atoms. The number of rotatable bonds is 3. The minimum atomic E-state index is 0.536. The van der Waals surface area contributed by atoms with E-state index in [0.29, 0.717) is 12.6 Å². The monoisotopic (exact) mass is 129 g/mol. The summed E-state index contributed by atoms with van der Waals surface area (Å²) in [4.78, 5) is 0. The molecule has 0 saturated heterocycles. The van der Waals surface area contributed by atoms with Crippen molar-refractivity contribution < 1.29 is 4.74 Å². The van der Waals surface area contributed by atoms with Crippen LogP contribution in [0.2, 0.25) is 0 Å². The smallest absolute Gasteiger partial charge is 0.0592 e. The van der Waals surface area contributed by atoms with E-state index in [9.17, 15) is 0 Å². The van der Waals surface area contributed by atoms with E-state index in [1.807, 2.05) is 0 Å². The van der Waals surface area contributed by atoms with Gasteiger partial charge in [0.05, 0.1) is 12.7 Å². The van der Waals surface area contributed by atoms with Crippen molar-refractivity contribution in [2.24, 2.45) is 5.73 Å². The molecule has 1 saturated carbocycles. The molecule has 2 heteroatoms. The molecule has 1 rings (SSSR count). The SMILES string of the molecule is NCCOC1CCCC1. The lowest BCUT2D eigenvalue weighted by atomic mass is 10.3. The summed E-state index contributed by atoms with van der Waals surface area (Å²) >= 11 is 0. The van der Waals surface area contributed by atoms with E-state index < -0.39 is 0 Å². The van der Waals surface area contributed by atoms with Crippen LogP contribution in [0.1, 0.15) is 25.7 Å². The van der Waals surface area contributed by atoms with Gasteiger partial charge in [0.2, 0.25) is 0 Å².